The van der Waals surface area contributed by atoms with Gasteiger partial charge in [-0.25, -0.2) is 4.79 Å². The fourth-order valence-corrected chi connectivity index (χ4v) is 5.10. The zero-order valence-corrected chi connectivity index (χ0v) is 17.0. The van der Waals surface area contributed by atoms with Crippen LogP contribution >= 0.6 is 0 Å². The number of carbonyl (C=O) groups is 2. The summed E-state index contributed by atoms with van der Waals surface area (Å²) >= 11 is 0. The Kier molecular flexibility index (Phi) is 5.61. The van der Waals surface area contributed by atoms with E-state index in [1.807, 2.05) is 9.80 Å². The van der Waals surface area contributed by atoms with E-state index in [0.29, 0.717) is 19.6 Å². The number of nitrogens with zero attached hydrogens (tertiary/aromatic N) is 2. The zero-order chi connectivity index (χ0) is 19.6. The number of amides is 2. The normalized spacial score (nSPS) is 22.7. The van der Waals surface area contributed by atoms with Crippen LogP contribution in [0.5, 0.6) is 0 Å². The quantitative estimate of drug-likeness (QED) is 0.770. The summed E-state index contributed by atoms with van der Waals surface area (Å²) in [5.41, 5.74) is 2.16. The van der Waals surface area contributed by atoms with Gasteiger partial charge >= 0.3 is 6.09 Å². The second-order valence-electron chi connectivity index (χ2n) is 8.68. The van der Waals surface area contributed by atoms with Crippen molar-refractivity contribution in [1.82, 2.24) is 9.80 Å². The topological polar surface area (TPSA) is 49.9 Å². The van der Waals surface area contributed by atoms with Gasteiger partial charge in [-0.15, -0.1) is 0 Å². The Morgan fingerprint density at radius 1 is 1.11 bits per heavy atom. The maximum atomic E-state index is 13.4. The summed E-state index contributed by atoms with van der Waals surface area (Å²) in [5, 5.41) is 0. The number of benzene rings is 1. The summed E-state index contributed by atoms with van der Waals surface area (Å²) in [4.78, 5) is 29.8. The highest BCUT2D eigenvalue weighted by molar-refractivity contribution is 5.84. The molecule has 2 heterocycles. The smallest absolute Gasteiger partial charge is 0.410 e. The number of likely N-dealkylation sites (tertiary alicyclic amines) is 1. The molecule has 1 saturated heterocycles. The van der Waals surface area contributed by atoms with Crippen LogP contribution < -0.4 is 0 Å². The first-order valence-electron chi connectivity index (χ1n) is 10.9. The molecule has 1 aromatic rings. The van der Waals surface area contributed by atoms with Crippen LogP contribution in [0.1, 0.15) is 63.0 Å². The number of hydrogen-bond donors (Lipinski definition) is 0. The Morgan fingerprint density at radius 2 is 1.79 bits per heavy atom. The van der Waals surface area contributed by atoms with Crippen molar-refractivity contribution < 1.29 is 14.3 Å². The van der Waals surface area contributed by atoms with E-state index in [9.17, 15) is 9.59 Å². The monoisotopic (exact) mass is 384 g/mol. The van der Waals surface area contributed by atoms with Crippen LogP contribution in [-0.2, 0) is 22.5 Å². The molecule has 28 heavy (non-hydrogen) atoms. The van der Waals surface area contributed by atoms with Crippen LogP contribution in [0.4, 0.5) is 4.79 Å². The van der Waals surface area contributed by atoms with Crippen LogP contribution in [0, 0.1) is 5.41 Å². The molecule has 0 bridgehead atoms. The van der Waals surface area contributed by atoms with Crippen molar-refractivity contribution in [3.8, 4) is 0 Å². The van der Waals surface area contributed by atoms with Crippen molar-refractivity contribution in [2.75, 3.05) is 19.6 Å². The average molecular weight is 385 g/mol. The Bertz CT molecular complexity index is 718. The lowest BCUT2D eigenvalue weighted by Crippen LogP contribution is -2.51. The standard InChI is InChI=1S/C23H32N2O3/c1-2-24-17-19-9-7-6-8-18(19)16-23(21(24)26)12-14-25(15-13-23)22(27)28-20-10-4-3-5-11-20/h6-9,20H,2-5,10-17H2,1H3. The number of carbonyl (C=O) groups excluding carboxylic acids is 2. The SMILES string of the molecule is CCN1Cc2ccccc2CC2(CCN(C(=O)OC3CCCCC3)CC2)C1=O. The van der Waals surface area contributed by atoms with Gasteiger partial charge in [0.05, 0.1) is 5.41 Å². The molecule has 4 rings (SSSR count). The lowest BCUT2D eigenvalue weighted by molar-refractivity contribution is -0.145. The Morgan fingerprint density at radius 3 is 2.46 bits per heavy atom. The van der Waals surface area contributed by atoms with E-state index in [2.05, 4.69) is 31.2 Å². The van der Waals surface area contributed by atoms with Crippen LogP contribution in [0.15, 0.2) is 24.3 Å². The van der Waals surface area contributed by atoms with Crippen LogP contribution in [0.2, 0.25) is 0 Å². The molecule has 5 heteroatoms. The van der Waals surface area contributed by atoms with Gasteiger partial charge in [0.2, 0.25) is 5.91 Å². The Balaban J connectivity index is 1.45. The molecule has 3 aliphatic rings. The van der Waals surface area contributed by atoms with Crippen molar-refractivity contribution >= 4 is 12.0 Å². The van der Waals surface area contributed by atoms with E-state index < -0.39 is 0 Å². The Labute approximate surface area is 168 Å². The molecule has 1 aromatic carbocycles. The van der Waals surface area contributed by atoms with Gasteiger partial charge in [0.25, 0.3) is 0 Å². The van der Waals surface area contributed by atoms with E-state index in [4.69, 9.17) is 4.74 Å². The number of hydrogen-bond acceptors (Lipinski definition) is 3. The van der Waals surface area contributed by atoms with Crippen molar-refractivity contribution in [1.29, 1.82) is 0 Å². The molecule has 0 atom stereocenters. The second kappa shape index (κ2) is 8.14. The fraction of sp³-hybridized carbons (Fsp3) is 0.652. The summed E-state index contributed by atoms with van der Waals surface area (Å²) in [7, 11) is 0. The predicted octanol–water partition coefficient (Wildman–Crippen LogP) is 4.14. The molecule has 1 aliphatic carbocycles. The molecule has 1 spiro atoms. The van der Waals surface area contributed by atoms with E-state index >= 15 is 0 Å². The lowest BCUT2D eigenvalue weighted by atomic mass is 9.73. The first-order valence-corrected chi connectivity index (χ1v) is 10.9. The molecule has 5 nitrogen and oxygen atoms in total. The van der Waals surface area contributed by atoms with Gasteiger partial charge in [0.15, 0.2) is 0 Å². The first kappa shape index (κ1) is 19.3. The van der Waals surface area contributed by atoms with E-state index in [0.717, 1.165) is 51.5 Å². The van der Waals surface area contributed by atoms with E-state index in [-0.39, 0.29) is 23.5 Å². The molecule has 2 aliphatic heterocycles. The largest absolute Gasteiger partial charge is 0.446 e. The van der Waals surface area contributed by atoms with Gasteiger partial charge in [-0.1, -0.05) is 30.7 Å². The first-order chi connectivity index (χ1) is 13.6. The highest BCUT2D eigenvalue weighted by Gasteiger charge is 2.46. The van der Waals surface area contributed by atoms with E-state index in [1.54, 1.807) is 0 Å². The Hall–Kier alpha value is -2.04. The van der Waals surface area contributed by atoms with Gasteiger partial charge in [0, 0.05) is 26.2 Å². The average Bonchev–Trinajstić information content (AvgIpc) is 2.84. The number of ether oxygens (including phenoxy) is 1. The minimum Gasteiger partial charge on any atom is -0.446 e. The molecule has 0 radical (unpaired) electrons. The summed E-state index contributed by atoms with van der Waals surface area (Å²) in [6.45, 7) is 4.69. The highest BCUT2D eigenvalue weighted by Crippen LogP contribution is 2.40. The molecule has 2 fully saturated rings. The molecule has 152 valence electrons. The van der Waals surface area contributed by atoms with Gasteiger partial charge < -0.3 is 14.5 Å². The highest BCUT2D eigenvalue weighted by atomic mass is 16.6. The van der Waals surface area contributed by atoms with Crippen LogP contribution in [0.25, 0.3) is 0 Å². The number of rotatable bonds is 2. The second-order valence-corrected chi connectivity index (χ2v) is 8.68. The third-order valence-corrected chi connectivity index (χ3v) is 6.93. The summed E-state index contributed by atoms with van der Waals surface area (Å²) in [6, 6.07) is 8.42. The molecule has 0 aromatic heterocycles. The number of fused-ring (bicyclic) bond motifs is 1. The summed E-state index contributed by atoms with van der Waals surface area (Å²) in [5.74, 6) is 0.256. The van der Waals surface area contributed by atoms with Gasteiger partial charge in [0.1, 0.15) is 6.10 Å². The molecular weight excluding hydrogens is 352 g/mol. The van der Waals surface area contributed by atoms with Crippen molar-refractivity contribution in [2.45, 2.75) is 70.9 Å². The molecular formula is C23H32N2O3. The summed E-state index contributed by atoms with van der Waals surface area (Å²) in [6.07, 6.45) is 7.65. The van der Waals surface area contributed by atoms with Gasteiger partial charge in [-0.05, 0) is 63.0 Å². The van der Waals surface area contributed by atoms with Gasteiger partial charge in [-0.2, -0.15) is 0 Å². The van der Waals surface area contributed by atoms with E-state index in [1.165, 1.54) is 17.5 Å². The minimum absolute atomic E-state index is 0.0825. The zero-order valence-electron chi connectivity index (χ0n) is 17.0. The van der Waals surface area contributed by atoms with Gasteiger partial charge in [-0.3, -0.25) is 4.79 Å². The molecule has 1 saturated carbocycles. The molecule has 2 amide bonds. The summed E-state index contributed by atoms with van der Waals surface area (Å²) < 4.78 is 5.75. The lowest BCUT2D eigenvalue weighted by Gasteiger charge is -2.41. The third-order valence-electron chi connectivity index (χ3n) is 6.93. The van der Waals surface area contributed by atoms with Crippen LogP contribution in [-0.4, -0.2) is 47.5 Å². The third kappa shape index (κ3) is 3.76. The number of piperidine rings is 1. The van der Waals surface area contributed by atoms with Crippen molar-refractivity contribution in [3.05, 3.63) is 35.4 Å². The maximum Gasteiger partial charge on any atom is 0.410 e. The van der Waals surface area contributed by atoms with Crippen molar-refractivity contribution in [3.63, 3.8) is 0 Å². The molecule has 0 N–H and O–H groups in total. The fourth-order valence-electron chi connectivity index (χ4n) is 5.10. The predicted molar refractivity (Wildman–Crippen MR) is 108 cm³/mol. The van der Waals surface area contributed by atoms with Crippen molar-refractivity contribution in [2.24, 2.45) is 5.41 Å². The van der Waals surface area contributed by atoms with Crippen LogP contribution in [0.3, 0.4) is 0 Å². The molecule has 0 unspecified atom stereocenters. The maximum absolute atomic E-state index is 13.4. The minimum atomic E-state index is -0.385.